The molecule has 1 heterocycles. The summed E-state index contributed by atoms with van der Waals surface area (Å²) < 4.78 is 10.5. The lowest BCUT2D eigenvalue weighted by Gasteiger charge is -2.19. The molecule has 0 aliphatic rings. The number of amides is 1. The van der Waals surface area contributed by atoms with Crippen LogP contribution in [0.15, 0.2) is 24.3 Å². The number of ether oxygens (including phenoxy) is 2. The third-order valence-corrected chi connectivity index (χ3v) is 3.31. The molecule has 0 saturated heterocycles. The van der Waals surface area contributed by atoms with Crippen LogP contribution in [0.25, 0.3) is 11.3 Å². The van der Waals surface area contributed by atoms with E-state index in [-0.39, 0.29) is 0 Å². The van der Waals surface area contributed by atoms with Gasteiger partial charge in [-0.3, -0.25) is 0 Å². The molecule has 0 bridgehead atoms. The summed E-state index contributed by atoms with van der Waals surface area (Å²) >= 11 is 0. The fourth-order valence-electron chi connectivity index (χ4n) is 2.29. The predicted molar refractivity (Wildman–Crippen MR) is 93.3 cm³/mol. The highest BCUT2D eigenvalue weighted by Crippen LogP contribution is 2.25. The summed E-state index contributed by atoms with van der Waals surface area (Å²) in [7, 11) is 1.64. The van der Waals surface area contributed by atoms with Gasteiger partial charge in [0.15, 0.2) is 0 Å². The van der Waals surface area contributed by atoms with Gasteiger partial charge in [-0.1, -0.05) is 12.1 Å². The van der Waals surface area contributed by atoms with Gasteiger partial charge in [-0.05, 0) is 39.8 Å². The molecule has 2 N–H and O–H groups in total. The highest BCUT2D eigenvalue weighted by molar-refractivity contribution is 5.67. The molecule has 0 fully saturated rings. The van der Waals surface area contributed by atoms with Gasteiger partial charge in [0.05, 0.1) is 12.8 Å². The predicted octanol–water partition coefficient (Wildman–Crippen LogP) is 3.46. The first-order valence-corrected chi connectivity index (χ1v) is 7.95. The van der Waals surface area contributed by atoms with Gasteiger partial charge in [0.2, 0.25) is 0 Å². The Labute approximate surface area is 142 Å². The van der Waals surface area contributed by atoms with E-state index in [0.717, 1.165) is 28.5 Å². The van der Waals surface area contributed by atoms with Crippen molar-refractivity contribution in [2.45, 2.75) is 39.7 Å². The van der Waals surface area contributed by atoms with Crippen LogP contribution in [0.2, 0.25) is 0 Å². The average Bonchev–Trinajstić information content (AvgIpc) is 2.86. The van der Waals surface area contributed by atoms with Crippen molar-refractivity contribution in [3.05, 3.63) is 35.8 Å². The fourth-order valence-corrected chi connectivity index (χ4v) is 2.29. The highest BCUT2D eigenvalue weighted by atomic mass is 16.6. The Morgan fingerprint density at radius 3 is 2.75 bits per heavy atom. The number of aromatic nitrogens is 2. The third-order valence-electron chi connectivity index (χ3n) is 3.31. The van der Waals surface area contributed by atoms with Crippen molar-refractivity contribution in [2.24, 2.45) is 0 Å². The first-order valence-electron chi connectivity index (χ1n) is 7.95. The zero-order valence-corrected chi connectivity index (χ0v) is 14.9. The molecule has 6 heteroatoms. The number of alkyl carbamates (subject to hydrolysis) is 1. The van der Waals surface area contributed by atoms with Gasteiger partial charge in [0, 0.05) is 24.2 Å². The molecule has 0 spiro atoms. The van der Waals surface area contributed by atoms with Crippen molar-refractivity contribution in [2.75, 3.05) is 13.7 Å². The first kappa shape index (κ1) is 17.8. The Kier molecular flexibility index (Phi) is 5.49. The Morgan fingerprint density at radius 1 is 1.33 bits per heavy atom. The van der Waals surface area contributed by atoms with Crippen LogP contribution in [0.1, 0.15) is 32.3 Å². The summed E-state index contributed by atoms with van der Waals surface area (Å²) in [6.45, 7) is 7.95. The molecular formula is C18H25N3O3. The van der Waals surface area contributed by atoms with Crippen LogP contribution in [0.3, 0.4) is 0 Å². The number of hydrogen-bond acceptors (Lipinski definition) is 4. The Hall–Kier alpha value is -2.50. The molecule has 0 aliphatic carbocycles. The molecule has 0 radical (unpaired) electrons. The van der Waals surface area contributed by atoms with E-state index in [9.17, 15) is 4.79 Å². The standard InChI is InChI=1S/C18H25N3O3/c1-12-16(13-7-6-8-14(11-13)23-5)21-15(20-12)9-10-19-17(22)24-18(2,3)4/h6-8,11H,9-10H2,1-5H3,(H,19,22)(H,20,21). The maximum atomic E-state index is 11.6. The SMILES string of the molecule is COc1cccc(-c2nc(CCNC(=O)OC(C)(C)C)[nH]c2C)c1. The molecule has 2 aromatic rings. The minimum Gasteiger partial charge on any atom is -0.497 e. The van der Waals surface area contributed by atoms with E-state index in [0.29, 0.717) is 13.0 Å². The first-order chi connectivity index (χ1) is 11.3. The van der Waals surface area contributed by atoms with E-state index in [1.807, 2.05) is 52.0 Å². The van der Waals surface area contributed by atoms with Crippen LogP contribution >= 0.6 is 0 Å². The molecular weight excluding hydrogens is 306 g/mol. The number of aryl methyl sites for hydroxylation is 1. The zero-order valence-electron chi connectivity index (χ0n) is 14.9. The largest absolute Gasteiger partial charge is 0.497 e. The van der Waals surface area contributed by atoms with Crippen molar-refractivity contribution in [3.8, 4) is 17.0 Å². The zero-order chi connectivity index (χ0) is 17.7. The molecule has 1 aromatic carbocycles. The number of carbonyl (C=O) groups is 1. The number of hydrogen-bond donors (Lipinski definition) is 2. The Morgan fingerprint density at radius 2 is 2.08 bits per heavy atom. The molecule has 0 saturated carbocycles. The van der Waals surface area contributed by atoms with Crippen LogP contribution in [0.4, 0.5) is 4.79 Å². The number of carbonyl (C=O) groups excluding carboxylic acids is 1. The quantitative estimate of drug-likeness (QED) is 0.879. The second-order valence-corrected chi connectivity index (χ2v) is 6.57. The average molecular weight is 331 g/mol. The lowest BCUT2D eigenvalue weighted by atomic mass is 10.1. The molecule has 6 nitrogen and oxygen atoms in total. The van der Waals surface area contributed by atoms with Crippen molar-refractivity contribution < 1.29 is 14.3 Å². The smallest absolute Gasteiger partial charge is 0.407 e. The lowest BCUT2D eigenvalue weighted by molar-refractivity contribution is 0.0528. The van der Waals surface area contributed by atoms with E-state index in [1.165, 1.54) is 0 Å². The topological polar surface area (TPSA) is 76.2 Å². The summed E-state index contributed by atoms with van der Waals surface area (Å²) in [5.74, 6) is 1.62. The summed E-state index contributed by atoms with van der Waals surface area (Å²) in [5, 5.41) is 2.73. The summed E-state index contributed by atoms with van der Waals surface area (Å²) in [5.41, 5.74) is 2.37. The van der Waals surface area contributed by atoms with Crippen molar-refractivity contribution in [3.63, 3.8) is 0 Å². The minimum atomic E-state index is -0.495. The highest BCUT2D eigenvalue weighted by Gasteiger charge is 2.16. The molecule has 130 valence electrons. The van der Waals surface area contributed by atoms with Crippen LogP contribution in [0, 0.1) is 6.92 Å². The fraction of sp³-hybridized carbons (Fsp3) is 0.444. The summed E-state index contributed by atoms with van der Waals surface area (Å²) in [6, 6.07) is 7.78. The Balaban J connectivity index is 1.98. The maximum absolute atomic E-state index is 11.6. The maximum Gasteiger partial charge on any atom is 0.407 e. The summed E-state index contributed by atoms with van der Waals surface area (Å²) in [6.07, 6.45) is 0.183. The molecule has 0 unspecified atom stereocenters. The normalized spacial score (nSPS) is 11.2. The number of imidazole rings is 1. The van der Waals surface area contributed by atoms with E-state index >= 15 is 0 Å². The second kappa shape index (κ2) is 7.38. The van der Waals surface area contributed by atoms with Crippen LogP contribution in [0.5, 0.6) is 5.75 Å². The van der Waals surface area contributed by atoms with Gasteiger partial charge in [-0.25, -0.2) is 9.78 Å². The number of methoxy groups -OCH3 is 1. The number of nitrogens with one attached hydrogen (secondary N) is 2. The molecule has 24 heavy (non-hydrogen) atoms. The van der Waals surface area contributed by atoms with Crippen LogP contribution in [-0.4, -0.2) is 35.3 Å². The minimum absolute atomic E-state index is 0.418. The van der Waals surface area contributed by atoms with Crippen molar-refractivity contribution in [1.29, 1.82) is 0 Å². The van der Waals surface area contributed by atoms with Crippen molar-refractivity contribution >= 4 is 6.09 Å². The van der Waals surface area contributed by atoms with Gasteiger partial charge in [0.1, 0.15) is 17.2 Å². The number of nitrogens with zero attached hydrogens (tertiary/aromatic N) is 1. The monoisotopic (exact) mass is 331 g/mol. The van der Waals surface area contributed by atoms with Gasteiger partial charge in [0.25, 0.3) is 0 Å². The Bertz CT molecular complexity index is 702. The third kappa shape index (κ3) is 5.01. The van der Waals surface area contributed by atoms with Gasteiger partial charge in [-0.2, -0.15) is 0 Å². The number of benzene rings is 1. The molecule has 0 atom stereocenters. The molecule has 1 amide bonds. The second-order valence-electron chi connectivity index (χ2n) is 6.57. The van der Waals surface area contributed by atoms with Crippen LogP contribution in [-0.2, 0) is 11.2 Å². The number of H-pyrrole nitrogens is 1. The summed E-state index contributed by atoms with van der Waals surface area (Å²) in [4.78, 5) is 19.5. The van der Waals surface area contributed by atoms with E-state index in [2.05, 4.69) is 15.3 Å². The molecule has 2 rings (SSSR count). The lowest BCUT2D eigenvalue weighted by Crippen LogP contribution is -2.33. The molecule has 0 aliphatic heterocycles. The van der Waals surface area contributed by atoms with E-state index in [1.54, 1.807) is 7.11 Å². The van der Waals surface area contributed by atoms with Gasteiger partial charge in [-0.15, -0.1) is 0 Å². The molecule has 1 aromatic heterocycles. The van der Waals surface area contributed by atoms with Crippen LogP contribution < -0.4 is 10.1 Å². The van der Waals surface area contributed by atoms with Crippen molar-refractivity contribution in [1.82, 2.24) is 15.3 Å². The number of aromatic amines is 1. The van der Waals surface area contributed by atoms with E-state index in [4.69, 9.17) is 9.47 Å². The number of rotatable bonds is 5. The van der Waals surface area contributed by atoms with E-state index < -0.39 is 11.7 Å². The van der Waals surface area contributed by atoms with Gasteiger partial charge < -0.3 is 19.8 Å². The van der Waals surface area contributed by atoms with Gasteiger partial charge >= 0.3 is 6.09 Å².